The molecule has 5 N–H and O–H groups in total. The highest BCUT2D eigenvalue weighted by Crippen LogP contribution is 2.22. The molecule has 0 radical (unpaired) electrons. The number of nitro groups is 1. The van der Waals surface area contributed by atoms with Gasteiger partial charge in [0.2, 0.25) is 5.91 Å². The van der Waals surface area contributed by atoms with E-state index in [1.807, 2.05) is 0 Å². The number of rotatable bonds is 7. The Kier molecular flexibility index (Phi) is 5.12. The second-order valence-corrected chi connectivity index (χ2v) is 3.92. The third-order valence-corrected chi connectivity index (χ3v) is 2.52. The van der Waals surface area contributed by atoms with E-state index in [-0.39, 0.29) is 18.7 Å². The molecule has 1 atom stereocenters. The first-order valence-corrected chi connectivity index (χ1v) is 5.52. The van der Waals surface area contributed by atoms with Gasteiger partial charge in [-0.15, -0.1) is 0 Å². The maximum absolute atomic E-state index is 11.1. The van der Waals surface area contributed by atoms with Crippen molar-refractivity contribution in [2.45, 2.75) is 12.6 Å². The fourth-order valence-corrected chi connectivity index (χ4v) is 1.58. The summed E-state index contributed by atoms with van der Waals surface area (Å²) >= 11 is 0. The zero-order valence-electron chi connectivity index (χ0n) is 10.3. The van der Waals surface area contributed by atoms with E-state index in [0.29, 0.717) is 0 Å². The van der Waals surface area contributed by atoms with Crippen LogP contribution in [0, 0.1) is 10.1 Å². The van der Waals surface area contributed by atoms with Gasteiger partial charge in [0.25, 0.3) is 5.69 Å². The summed E-state index contributed by atoms with van der Waals surface area (Å²) in [5.41, 5.74) is 4.06. The van der Waals surface area contributed by atoms with Gasteiger partial charge in [0.05, 0.1) is 4.92 Å². The smallest absolute Gasteiger partial charge is 0.343 e. The number of aliphatic hydroxyl groups excluding tert-OH is 1. The van der Waals surface area contributed by atoms with Gasteiger partial charge in [0, 0.05) is 19.2 Å². The number of nitrogens with zero attached hydrogens (tertiary/aromatic N) is 1. The van der Waals surface area contributed by atoms with Crippen molar-refractivity contribution in [3.8, 4) is 0 Å². The molecule has 0 aliphatic heterocycles. The second kappa shape index (κ2) is 6.59. The first-order valence-electron chi connectivity index (χ1n) is 5.52. The number of hydrogen-bond donors (Lipinski definition) is 4. The molecule has 1 rings (SSSR count). The molecule has 0 saturated heterocycles. The number of amides is 1. The van der Waals surface area contributed by atoms with E-state index in [1.165, 1.54) is 12.1 Å². The number of nitrogens with one attached hydrogen (secondary N) is 1. The van der Waals surface area contributed by atoms with Crippen LogP contribution in [0.5, 0.6) is 0 Å². The van der Waals surface area contributed by atoms with Crippen LogP contribution in [0.15, 0.2) is 18.2 Å². The average Bonchev–Trinajstić information content (AvgIpc) is 2.37. The van der Waals surface area contributed by atoms with E-state index in [0.717, 1.165) is 6.07 Å². The summed E-state index contributed by atoms with van der Waals surface area (Å²) in [6.45, 7) is -0.245. The highest BCUT2D eigenvalue weighted by atomic mass is 16.6. The largest absolute Gasteiger partial charge is 0.477 e. The SMILES string of the molecule is NC(=O)C(O)CNCc1cccc([N+](=O)[O-])c1C(=O)O. The maximum Gasteiger partial charge on any atom is 0.343 e. The third-order valence-electron chi connectivity index (χ3n) is 2.52. The molecule has 20 heavy (non-hydrogen) atoms. The monoisotopic (exact) mass is 283 g/mol. The molecule has 0 aromatic heterocycles. The first kappa shape index (κ1) is 15.5. The van der Waals surface area contributed by atoms with E-state index in [4.69, 9.17) is 15.9 Å². The van der Waals surface area contributed by atoms with Gasteiger partial charge in [0.1, 0.15) is 11.7 Å². The van der Waals surface area contributed by atoms with Crippen molar-refractivity contribution in [2.24, 2.45) is 5.73 Å². The summed E-state index contributed by atoms with van der Waals surface area (Å²) in [5.74, 6) is -2.35. The quantitative estimate of drug-likeness (QED) is 0.378. The lowest BCUT2D eigenvalue weighted by molar-refractivity contribution is -0.385. The van der Waals surface area contributed by atoms with Gasteiger partial charge in [0.15, 0.2) is 0 Å². The lowest BCUT2D eigenvalue weighted by Crippen LogP contribution is -2.37. The van der Waals surface area contributed by atoms with E-state index in [9.17, 15) is 19.7 Å². The summed E-state index contributed by atoms with van der Waals surface area (Å²) in [6.07, 6.45) is -1.41. The number of carbonyl (C=O) groups is 2. The van der Waals surface area contributed by atoms with Crippen LogP contribution in [0.1, 0.15) is 15.9 Å². The molecule has 108 valence electrons. The number of primary amides is 1. The summed E-state index contributed by atoms with van der Waals surface area (Å²) in [5, 5.41) is 31.6. The van der Waals surface area contributed by atoms with Gasteiger partial charge in [-0.25, -0.2) is 4.79 Å². The maximum atomic E-state index is 11.1. The Hall–Kier alpha value is -2.52. The van der Waals surface area contributed by atoms with Gasteiger partial charge >= 0.3 is 5.97 Å². The number of benzene rings is 1. The Morgan fingerprint density at radius 3 is 2.60 bits per heavy atom. The van der Waals surface area contributed by atoms with Crippen molar-refractivity contribution in [3.05, 3.63) is 39.4 Å². The normalized spacial score (nSPS) is 11.8. The summed E-state index contributed by atoms with van der Waals surface area (Å²) in [4.78, 5) is 31.7. The average molecular weight is 283 g/mol. The number of aromatic carboxylic acids is 1. The number of carbonyl (C=O) groups excluding carboxylic acids is 1. The third kappa shape index (κ3) is 3.73. The first-order chi connectivity index (χ1) is 9.34. The molecule has 0 heterocycles. The molecule has 0 spiro atoms. The number of hydrogen-bond acceptors (Lipinski definition) is 6. The summed E-state index contributed by atoms with van der Waals surface area (Å²) in [7, 11) is 0. The molecule has 1 aromatic rings. The molecule has 1 unspecified atom stereocenters. The van der Waals surface area contributed by atoms with Gasteiger partial charge in [-0.3, -0.25) is 14.9 Å². The predicted octanol–water partition coefficient (Wildman–Crippen LogP) is -0.771. The van der Waals surface area contributed by atoms with Crippen molar-refractivity contribution in [2.75, 3.05) is 6.54 Å². The topological polar surface area (TPSA) is 156 Å². The summed E-state index contributed by atoms with van der Waals surface area (Å²) < 4.78 is 0. The molecular weight excluding hydrogens is 270 g/mol. The van der Waals surface area contributed by atoms with Crippen LogP contribution < -0.4 is 11.1 Å². The van der Waals surface area contributed by atoms with Crippen molar-refractivity contribution in [1.82, 2.24) is 5.32 Å². The fraction of sp³-hybridized carbons (Fsp3) is 0.273. The minimum atomic E-state index is -1.43. The highest BCUT2D eigenvalue weighted by molar-refractivity contribution is 5.94. The van der Waals surface area contributed by atoms with Crippen molar-refractivity contribution in [3.63, 3.8) is 0 Å². The Morgan fingerprint density at radius 2 is 2.10 bits per heavy atom. The standard InChI is InChI=1S/C11H13N3O6/c12-10(16)8(15)5-13-4-6-2-1-3-7(14(19)20)9(6)11(17)18/h1-3,8,13,15H,4-5H2,(H2,12,16)(H,17,18). The lowest BCUT2D eigenvalue weighted by atomic mass is 10.1. The van der Waals surface area contributed by atoms with E-state index in [1.54, 1.807) is 0 Å². The van der Waals surface area contributed by atoms with Crippen LogP contribution in [0.3, 0.4) is 0 Å². The Labute approximate surface area is 113 Å². The Bertz CT molecular complexity index is 545. The molecule has 1 aromatic carbocycles. The number of carboxylic acid groups (broad SMARTS) is 1. The van der Waals surface area contributed by atoms with Gasteiger partial charge in [-0.05, 0) is 5.56 Å². The lowest BCUT2D eigenvalue weighted by Gasteiger charge is -2.10. The molecule has 0 aliphatic rings. The van der Waals surface area contributed by atoms with E-state index < -0.39 is 34.2 Å². The number of nitro benzene ring substituents is 1. The molecule has 0 fully saturated rings. The molecule has 0 aliphatic carbocycles. The zero-order valence-corrected chi connectivity index (χ0v) is 10.3. The van der Waals surface area contributed by atoms with Crippen LogP contribution in [0.4, 0.5) is 5.69 Å². The van der Waals surface area contributed by atoms with Crippen LogP contribution in [-0.2, 0) is 11.3 Å². The Balaban J connectivity index is 2.90. The van der Waals surface area contributed by atoms with Crippen LogP contribution >= 0.6 is 0 Å². The van der Waals surface area contributed by atoms with Crippen LogP contribution in [0.2, 0.25) is 0 Å². The van der Waals surface area contributed by atoms with Gasteiger partial charge in [-0.2, -0.15) is 0 Å². The van der Waals surface area contributed by atoms with Crippen molar-refractivity contribution >= 4 is 17.6 Å². The number of nitrogens with two attached hydrogens (primary N) is 1. The molecule has 9 nitrogen and oxygen atoms in total. The minimum Gasteiger partial charge on any atom is -0.477 e. The zero-order chi connectivity index (χ0) is 15.3. The molecule has 0 bridgehead atoms. The Morgan fingerprint density at radius 1 is 1.45 bits per heavy atom. The number of aliphatic hydroxyl groups is 1. The molecule has 0 saturated carbocycles. The molecule has 1 amide bonds. The summed E-state index contributed by atoms with van der Waals surface area (Å²) in [6, 6.07) is 3.84. The molecule has 9 heteroatoms. The minimum absolute atomic E-state index is 0.0619. The van der Waals surface area contributed by atoms with Gasteiger partial charge in [-0.1, -0.05) is 12.1 Å². The molecular formula is C11H13N3O6. The highest BCUT2D eigenvalue weighted by Gasteiger charge is 2.23. The van der Waals surface area contributed by atoms with Crippen LogP contribution in [-0.4, -0.2) is 39.7 Å². The van der Waals surface area contributed by atoms with Gasteiger partial charge < -0.3 is 21.3 Å². The van der Waals surface area contributed by atoms with E-state index >= 15 is 0 Å². The predicted molar refractivity (Wildman–Crippen MR) is 67.0 cm³/mol. The van der Waals surface area contributed by atoms with E-state index in [2.05, 4.69) is 5.32 Å². The van der Waals surface area contributed by atoms with Crippen molar-refractivity contribution < 1.29 is 24.7 Å². The fourth-order valence-electron chi connectivity index (χ4n) is 1.58. The second-order valence-electron chi connectivity index (χ2n) is 3.92. The van der Waals surface area contributed by atoms with Crippen molar-refractivity contribution in [1.29, 1.82) is 0 Å². The number of carboxylic acids is 1. The van der Waals surface area contributed by atoms with Crippen LogP contribution in [0.25, 0.3) is 0 Å².